The van der Waals surface area contributed by atoms with Crippen molar-refractivity contribution in [1.82, 2.24) is 0 Å². The van der Waals surface area contributed by atoms with E-state index in [9.17, 15) is 0 Å². The van der Waals surface area contributed by atoms with Gasteiger partial charge in [0.25, 0.3) is 0 Å². The van der Waals surface area contributed by atoms with Gasteiger partial charge in [-0.15, -0.1) is 0 Å². The molecule has 2 aliphatic carbocycles. The molecule has 1 nitrogen and oxygen atoms in total. The molecule has 0 aliphatic heterocycles. The molecular formula is C30H27N. The van der Waals surface area contributed by atoms with Crippen LogP contribution in [0.15, 0.2) is 97.1 Å². The van der Waals surface area contributed by atoms with Crippen LogP contribution in [0.2, 0.25) is 0 Å². The third-order valence-corrected chi connectivity index (χ3v) is 7.18. The van der Waals surface area contributed by atoms with Gasteiger partial charge in [0.2, 0.25) is 0 Å². The van der Waals surface area contributed by atoms with Crippen molar-refractivity contribution in [2.45, 2.75) is 38.0 Å². The summed E-state index contributed by atoms with van der Waals surface area (Å²) >= 11 is 0. The van der Waals surface area contributed by atoms with Gasteiger partial charge in [0.1, 0.15) is 0 Å². The van der Waals surface area contributed by atoms with Crippen molar-refractivity contribution in [2.24, 2.45) is 0 Å². The predicted octanol–water partition coefficient (Wildman–Crippen LogP) is 8.50. The normalized spacial score (nSPS) is 18.7. The lowest BCUT2D eigenvalue weighted by Crippen LogP contribution is -2.11. The highest BCUT2D eigenvalue weighted by Gasteiger charge is 2.38. The average Bonchev–Trinajstić information content (AvgIpc) is 3.44. The largest absolute Gasteiger partial charge is 0.310 e. The van der Waals surface area contributed by atoms with Crippen LogP contribution in [0.4, 0.5) is 17.1 Å². The summed E-state index contributed by atoms with van der Waals surface area (Å²) in [6.07, 6.45) is 4.11. The van der Waals surface area contributed by atoms with Crippen molar-refractivity contribution in [3.05, 3.63) is 114 Å². The summed E-state index contributed by atoms with van der Waals surface area (Å²) in [7, 11) is 0. The van der Waals surface area contributed by atoms with Crippen LogP contribution >= 0.6 is 0 Å². The minimum Gasteiger partial charge on any atom is -0.310 e. The van der Waals surface area contributed by atoms with E-state index in [0.29, 0.717) is 0 Å². The molecule has 4 aromatic carbocycles. The molecule has 0 aromatic heterocycles. The van der Waals surface area contributed by atoms with E-state index >= 15 is 0 Å². The highest BCUT2D eigenvalue weighted by atomic mass is 15.1. The van der Waals surface area contributed by atoms with E-state index in [1.807, 2.05) is 0 Å². The minimum absolute atomic E-state index is 0.769. The highest BCUT2D eigenvalue weighted by molar-refractivity contribution is 5.88. The highest BCUT2D eigenvalue weighted by Crippen LogP contribution is 2.55. The zero-order chi connectivity index (χ0) is 20.8. The Morgan fingerprint density at radius 3 is 2.00 bits per heavy atom. The van der Waals surface area contributed by atoms with Crippen molar-refractivity contribution in [2.75, 3.05) is 4.90 Å². The van der Waals surface area contributed by atoms with Gasteiger partial charge in [-0.3, -0.25) is 0 Å². The molecule has 0 radical (unpaired) electrons. The van der Waals surface area contributed by atoms with Gasteiger partial charge < -0.3 is 4.90 Å². The molecule has 1 fully saturated rings. The Morgan fingerprint density at radius 1 is 0.677 bits per heavy atom. The van der Waals surface area contributed by atoms with Gasteiger partial charge >= 0.3 is 0 Å². The van der Waals surface area contributed by atoms with Crippen molar-refractivity contribution >= 4 is 17.1 Å². The molecular weight excluding hydrogens is 374 g/mol. The van der Waals surface area contributed by atoms with Crippen molar-refractivity contribution in [3.8, 4) is 11.1 Å². The van der Waals surface area contributed by atoms with Crippen molar-refractivity contribution in [1.29, 1.82) is 0 Å². The van der Waals surface area contributed by atoms with Crippen LogP contribution in [0.3, 0.4) is 0 Å². The fourth-order valence-electron chi connectivity index (χ4n) is 5.90. The fraction of sp³-hybridized carbons (Fsp3) is 0.200. The van der Waals surface area contributed by atoms with E-state index in [-0.39, 0.29) is 0 Å². The molecule has 2 aliphatic rings. The second-order valence-corrected chi connectivity index (χ2v) is 9.03. The van der Waals surface area contributed by atoms with Gasteiger partial charge in [-0.2, -0.15) is 0 Å². The Kier molecular flexibility index (Phi) is 4.42. The van der Waals surface area contributed by atoms with Crippen LogP contribution < -0.4 is 4.90 Å². The number of rotatable bonds is 4. The Bertz CT molecular complexity index is 1190. The first-order chi connectivity index (χ1) is 15.3. The van der Waals surface area contributed by atoms with Crippen LogP contribution in [0.1, 0.15) is 47.8 Å². The Labute approximate surface area is 185 Å². The van der Waals surface area contributed by atoms with Crippen LogP contribution in [0, 0.1) is 6.92 Å². The van der Waals surface area contributed by atoms with Crippen molar-refractivity contribution < 1.29 is 0 Å². The first-order valence-corrected chi connectivity index (χ1v) is 11.4. The number of benzene rings is 4. The standard InChI is InChI=1S/C30H27N/c1-21-18-24(20-28-22-16-17-23(19-22)30(21)28)27-14-8-9-15-29(27)31(25-10-4-2-5-11-25)26-12-6-3-7-13-26/h2-15,18,20,22-23H,16-17,19H2,1H3. The number of hydrogen-bond donors (Lipinski definition) is 0. The second-order valence-electron chi connectivity index (χ2n) is 9.03. The third kappa shape index (κ3) is 3.08. The third-order valence-electron chi connectivity index (χ3n) is 7.18. The fourth-order valence-corrected chi connectivity index (χ4v) is 5.90. The van der Waals surface area contributed by atoms with E-state index < -0.39 is 0 Å². The monoisotopic (exact) mass is 401 g/mol. The zero-order valence-electron chi connectivity index (χ0n) is 18.0. The van der Waals surface area contributed by atoms with Crippen LogP contribution in [-0.4, -0.2) is 0 Å². The summed E-state index contributed by atoms with van der Waals surface area (Å²) in [6, 6.07) is 35.2. The van der Waals surface area contributed by atoms with Gasteiger partial charge in [0.05, 0.1) is 5.69 Å². The number of anilines is 3. The number of aryl methyl sites for hydroxylation is 1. The zero-order valence-corrected chi connectivity index (χ0v) is 18.0. The molecule has 152 valence electrons. The second kappa shape index (κ2) is 7.42. The summed E-state index contributed by atoms with van der Waals surface area (Å²) in [5.74, 6) is 1.57. The van der Waals surface area contributed by atoms with E-state index in [1.54, 1.807) is 11.1 Å². The number of nitrogens with zero attached hydrogens (tertiary/aromatic N) is 1. The lowest BCUT2D eigenvalue weighted by atomic mass is 9.85. The van der Waals surface area contributed by atoms with Gasteiger partial charge in [-0.05, 0) is 90.6 Å². The summed E-state index contributed by atoms with van der Waals surface area (Å²) in [5, 5.41) is 0. The Morgan fingerprint density at radius 2 is 1.29 bits per heavy atom. The molecule has 4 aromatic rings. The molecule has 0 heterocycles. The molecule has 2 unspecified atom stereocenters. The summed E-state index contributed by atoms with van der Waals surface area (Å²) < 4.78 is 0. The topological polar surface area (TPSA) is 3.24 Å². The maximum absolute atomic E-state index is 2.50. The van der Waals surface area contributed by atoms with Gasteiger partial charge in [-0.1, -0.05) is 66.7 Å². The van der Waals surface area contributed by atoms with E-state index in [2.05, 4.69) is 109 Å². The van der Waals surface area contributed by atoms with Gasteiger partial charge in [-0.25, -0.2) is 0 Å². The van der Waals surface area contributed by atoms with Crippen molar-refractivity contribution in [3.63, 3.8) is 0 Å². The molecule has 1 heteroatoms. The minimum atomic E-state index is 0.769. The average molecular weight is 402 g/mol. The lowest BCUT2D eigenvalue weighted by molar-refractivity contribution is 0.714. The smallest absolute Gasteiger partial charge is 0.0540 e. The number of hydrogen-bond acceptors (Lipinski definition) is 1. The maximum Gasteiger partial charge on any atom is 0.0540 e. The molecule has 2 bridgehead atoms. The SMILES string of the molecule is Cc1cc(-c2ccccc2N(c2ccccc2)c2ccccc2)cc2c1C1CCC2C1. The molecule has 0 spiro atoms. The van der Waals surface area contributed by atoms with E-state index in [4.69, 9.17) is 0 Å². The van der Waals surface area contributed by atoms with E-state index in [0.717, 1.165) is 11.8 Å². The quantitative estimate of drug-likeness (QED) is 0.331. The van der Waals surface area contributed by atoms with Crippen LogP contribution in [-0.2, 0) is 0 Å². The van der Waals surface area contributed by atoms with Gasteiger partial charge in [0.15, 0.2) is 0 Å². The van der Waals surface area contributed by atoms with Gasteiger partial charge in [0, 0.05) is 16.9 Å². The molecule has 0 amide bonds. The first kappa shape index (κ1) is 18.4. The van der Waals surface area contributed by atoms with Crippen LogP contribution in [0.5, 0.6) is 0 Å². The molecule has 6 rings (SSSR count). The summed E-state index contributed by atoms with van der Waals surface area (Å²) in [6.45, 7) is 2.32. The molecule has 0 saturated heterocycles. The predicted molar refractivity (Wildman–Crippen MR) is 131 cm³/mol. The Balaban J connectivity index is 1.54. The molecule has 2 atom stereocenters. The molecule has 1 saturated carbocycles. The number of fused-ring (bicyclic) bond motifs is 5. The molecule has 31 heavy (non-hydrogen) atoms. The molecule has 0 N–H and O–H groups in total. The van der Waals surface area contributed by atoms with Crippen LogP contribution in [0.25, 0.3) is 11.1 Å². The Hall–Kier alpha value is -3.32. The maximum atomic E-state index is 2.50. The summed E-state index contributed by atoms with van der Waals surface area (Å²) in [4.78, 5) is 2.38. The number of para-hydroxylation sites is 3. The lowest BCUT2D eigenvalue weighted by Gasteiger charge is -2.28. The summed E-state index contributed by atoms with van der Waals surface area (Å²) in [5.41, 5.74) is 11.0. The first-order valence-electron chi connectivity index (χ1n) is 11.4. The van der Waals surface area contributed by atoms with E-state index in [1.165, 1.54) is 53.0 Å².